The molecule has 3 nitrogen and oxygen atoms in total. The molecule has 1 aromatic heterocycles. The molecule has 19 heavy (non-hydrogen) atoms. The molecule has 1 unspecified atom stereocenters. The highest BCUT2D eigenvalue weighted by atomic mass is 15.3. The van der Waals surface area contributed by atoms with E-state index in [0.717, 1.165) is 25.9 Å². The van der Waals surface area contributed by atoms with Gasteiger partial charge in [-0.05, 0) is 30.5 Å². The zero-order valence-corrected chi connectivity index (χ0v) is 11.7. The lowest BCUT2D eigenvalue weighted by atomic mass is 10.0. The van der Waals surface area contributed by atoms with Gasteiger partial charge in [-0.3, -0.25) is 4.68 Å². The fourth-order valence-electron chi connectivity index (χ4n) is 2.90. The molecular formula is C16H21N3. The van der Waals surface area contributed by atoms with Gasteiger partial charge in [-0.2, -0.15) is 5.10 Å². The third-order valence-corrected chi connectivity index (χ3v) is 3.96. The van der Waals surface area contributed by atoms with Gasteiger partial charge in [0, 0.05) is 31.2 Å². The van der Waals surface area contributed by atoms with Gasteiger partial charge in [-0.1, -0.05) is 31.2 Å². The highest BCUT2D eigenvalue weighted by Gasteiger charge is 2.22. The maximum atomic E-state index is 4.63. The van der Waals surface area contributed by atoms with E-state index >= 15 is 0 Å². The second kappa shape index (κ2) is 5.17. The van der Waals surface area contributed by atoms with Crippen molar-refractivity contribution in [3.05, 3.63) is 52.8 Å². The van der Waals surface area contributed by atoms with Crippen LogP contribution in [-0.4, -0.2) is 9.78 Å². The van der Waals surface area contributed by atoms with E-state index in [1.54, 1.807) is 0 Å². The Kier molecular flexibility index (Phi) is 3.38. The third-order valence-electron chi connectivity index (χ3n) is 3.96. The number of aryl methyl sites for hydroxylation is 2. The second-order valence-corrected chi connectivity index (χ2v) is 5.13. The number of nitrogens with one attached hydrogen (secondary N) is 1. The summed E-state index contributed by atoms with van der Waals surface area (Å²) >= 11 is 0. The molecule has 0 amide bonds. The monoisotopic (exact) mass is 255 g/mol. The minimum absolute atomic E-state index is 0.433. The Morgan fingerprint density at radius 3 is 2.95 bits per heavy atom. The van der Waals surface area contributed by atoms with Crippen LogP contribution < -0.4 is 5.32 Å². The largest absolute Gasteiger partial charge is 0.305 e. The first kappa shape index (κ1) is 12.4. The van der Waals surface area contributed by atoms with Gasteiger partial charge in [-0.15, -0.1) is 0 Å². The molecule has 2 aromatic rings. The van der Waals surface area contributed by atoms with Crippen molar-refractivity contribution in [2.24, 2.45) is 0 Å². The summed E-state index contributed by atoms with van der Waals surface area (Å²) in [6, 6.07) is 11.4. The summed E-state index contributed by atoms with van der Waals surface area (Å²) in [5.41, 5.74) is 5.42. The molecule has 3 heteroatoms. The van der Waals surface area contributed by atoms with Crippen LogP contribution in [0.5, 0.6) is 0 Å². The van der Waals surface area contributed by atoms with Gasteiger partial charge in [0.2, 0.25) is 0 Å². The predicted molar refractivity (Wildman–Crippen MR) is 77.0 cm³/mol. The van der Waals surface area contributed by atoms with Crippen LogP contribution in [-0.2, 0) is 25.9 Å². The first-order valence-corrected chi connectivity index (χ1v) is 7.18. The zero-order valence-electron chi connectivity index (χ0n) is 11.7. The van der Waals surface area contributed by atoms with Gasteiger partial charge in [0.15, 0.2) is 0 Å². The van der Waals surface area contributed by atoms with E-state index in [1.807, 2.05) is 0 Å². The summed E-state index contributed by atoms with van der Waals surface area (Å²) in [4.78, 5) is 0. The first-order valence-electron chi connectivity index (χ1n) is 7.18. The van der Waals surface area contributed by atoms with E-state index in [2.05, 4.69) is 59.3 Å². The quantitative estimate of drug-likeness (QED) is 0.910. The van der Waals surface area contributed by atoms with Crippen molar-refractivity contribution >= 4 is 0 Å². The SMILES string of the molecule is CCc1cc(CC2NCc3ccccc32)n(CC)n1. The van der Waals surface area contributed by atoms with Crippen LogP contribution in [0.3, 0.4) is 0 Å². The molecule has 3 rings (SSSR count). The molecule has 0 aliphatic carbocycles. The van der Waals surface area contributed by atoms with E-state index in [-0.39, 0.29) is 0 Å². The minimum Gasteiger partial charge on any atom is -0.305 e. The maximum Gasteiger partial charge on any atom is 0.0624 e. The molecule has 0 spiro atoms. The summed E-state index contributed by atoms with van der Waals surface area (Å²) in [7, 11) is 0. The summed E-state index contributed by atoms with van der Waals surface area (Å²) in [6.45, 7) is 6.26. The van der Waals surface area contributed by atoms with Crippen molar-refractivity contribution in [3.8, 4) is 0 Å². The number of aromatic nitrogens is 2. The van der Waals surface area contributed by atoms with E-state index in [0.29, 0.717) is 6.04 Å². The molecule has 1 aliphatic heterocycles. The topological polar surface area (TPSA) is 29.9 Å². The Morgan fingerprint density at radius 1 is 1.32 bits per heavy atom. The van der Waals surface area contributed by atoms with Gasteiger partial charge < -0.3 is 5.32 Å². The van der Waals surface area contributed by atoms with Gasteiger partial charge >= 0.3 is 0 Å². The molecule has 1 atom stereocenters. The zero-order chi connectivity index (χ0) is 13.2. The fourth-order valence-corrected chi connectivity index (χ4v) is 2.90. The third kappa shape index (κ3) is 2.30. The molecule has 1 aliphatic rings. The molecule has 0 radical (unpaired) electrons. The van der Waals surface area contributed by atoms with Crippen molar-refractivity contribution in [3.63, 3.8) is 0 Å². The Labute approximate surface area is 114 Å². The molecule has 1 aromatic carbocycles. The van der Waals surface area contributed by atoms with E-state index in [1.165, 1.54) is 22.5 Å². The molecule has 0 saturated heterocycles. The Bertz CT molecular complexity index is 571. The number of fused-ring (bicyclic) bond motifs is 1. The van der Waals surface area contributed by atoms with Gasteiger partial charge in [0.25, 0.3) is 0 Å². The summed E-state index contributed by atoms with van der Waals surface area (Å²) in [5.74, 6) is 0. The standard InChI is InChI=1S/C16H21N3/c1-3-13-9-14(19(4-2)18-13)10-16-15-8-6-5-7-12(15)11-17-16/h5-9,16-17H,3-4,10-11H2,1-2H3. The normalized spacial score (nSPS) is 17.7. The number of rotatable bonds is 4. The van der Waals surface area contributed by atoms with E-state index < -0.39 is 0 Å². The summed E-state index contributed by atoms with van der Waals surface area (Å²) in [5, 5.41) is 8.24. The average Bonchev–Trinajstić information content (AvgIpc) is 3.04. The van der Waals surface area contributed by atoms with Gasteiger partial charge in [0.1, 0.15) is 0 Å². The molecular weight excluding hydrogens is 234 g/mol. The van der Waals surface area contributed by atoms with Crippen LogP contribution in [0.1, 0.15) is 42.4 Å². The molecule has 0 saturated carbocycles. The van der Waals surface area contributed by atoms with Crippen LogP contribution in [0.2, 0.25) is 0 Å². The Morgan fingerprint density at radius 2 is 2.16 bits per heavy atom. The van der Waals surface area contributed by atoms with Gasteiger partial charge in [0.05, 0.1) is 5.69 Å². The summed E-state index contributed by atoms with van der Waals surface area (Å²) in [6.07, 6.45) is 2.03. The molecule has 100 valence electrons. The van der Waals surface area contributed by atoms with Crippen LogP contribution in [0, 0.1) is 0 Å². The van der Waals surface area contributed by atoms with Gasteiger partial charge in [-0.25, -0.2) is 0 Å². The van der Waals surface area contributed by atoms with Crippen molar-refractivity contribution in [1.82, 2.24) is 15.1 Å². The van der Waals surface area contributed by atoms with Crippen LogP contribution >= 0.6 is 0 Å². The van der Waals surface area contributed by atoms with E-state index in [9.17, 15) is 0 Å². The van der Waals surface area contributed by atoms with Crippen molar-refractivity contribution in [2.45, 2.75) is 45.8 Å². The predicted octanol–water partition coefficient (Wildman–Crippen LogP) is 2.85. The summed E-state index contributed by atoms with van der Waals surface area (Å²) < 4.78 is 2.14. The molecule has 1 N–H and O–H groups in total. The van der Waals surface area contributed by atoms with Crippen LogP contribution in [0.4, 0.5) is 0 Å². The minimum atomic E-state index is 0.433. The Hall–Kier alpha value is -1.61. The highest BCUT2D eigenvalue weighted by molar-refractivity contribution is 5.34. The average molecular weight is 255 g/mol. The van der Waals surface area contributed by atoms with Crippen molar-refractivity contribution < 1.29 is 0 Å². The Balaban J connectivity index is 1.85. The maximum absolute atomic E-state index is 4.63. The van der Waals surface area contributed by atoms with Crippen molar-refractivity contribution in [2.75, 3.05) is 0 Å². The van der Waals surface area contributed by atoms with Crippen molar-refractivity contribution in [1.29, 1.82) is 0 Å². The number of benzene rings is 1. The lowest BCUT2D eigenvalue weighted by Gasteiger charge is -2.13. The fraction of sp³-hybridized carbons (Fsp3) is 0.438. The number of nitrogens with zero attached hydrogens (tertiary/aromatic N) is 2. The smallest absolute Gasteiger partial charge is 0.0624 e. The number of hydrogen-bond donors (Lipinski definition) is 1. The number of hydrogen-bond acceptors (Lipinski definition) is 2. The molecule has 0 fully saturated rings. The lowest BCUT2D eigenvalue weighted by molar-refractivity contribution is 0.536. The van der Waals surface area contributed by atoms with Crippen LogP contribution in [0.15, 0.2) is 30.3 Å². The van der Waals surface area contributed by atoms with E-state index in [4.69, 9.17) is 0 Å². The molecule has 2 heterocycles. The molecule has 0 bridgehead atoms. The van der Waals surface area contributed by atoms with Crippen LogP contribution in [0.25, 0.3) is 0 Å². The second-order valence-electron chi connectivity index (χ2n) is 5.13. The highest BCUT2D eigenvalue weighted by Crippen LogP contribution is 2.28. The lowest BCUT2D eigenvalue weighted by Crippen LogP contribution is -2.17. The first-order chi connectivity index (χ1) is 9.31.